The molecule has 287 valence electrons. The van der Waals surface area contributed by atoms with Gasteiger partial charge < -0.3 is 0 Å². The summed E-state index contributed by atoms with van der Waals surface area (Å²) >= 11 is 1.71. The number of nitrogens with zero attached hydrogens (tertiary/aromatic N) is 2. The molecule has 0 atom stereocenters. The molecule has 0 bridgehead atoms. The zero-order valence-electron chi connectivity index (χ0n) is 32.7. The van der Waals surface area contributed by atoms with Crippen molar-refractivity contribution in [1.82, 2.24) is 9.80 Å². The molecule has 2 heterocycles. The maximum absolute atomic E-state index is 14.4. The van der Waals surface area contributed by atoms with Crippen molar-refractivity contribution in [3.05, 3.63) is 183 Å². The summed E-state index contributed by atoms with van der Waals surface area (Å²) < 4.78 is 3.77. The van der Waals surface area contributed by atoms with Crippen LogP contribution in [0.25, 0.3) is 22.9 Å². The van der Waals surface area contributed by atoms with E-state index in [2.05, 4.69) is 102 Å². The van der Waals surface area contributed by atoms with Gasteiger partial charge in [0.25, 0.3) is 0 Å². The summed E-state index contributed by atoms with van der Waals surface area (Å²) in [6.45, 7) is 3.92. The number of carbonyl (C=O) groups is 4. The van der Waals surface area contributed by atoms with E-state index in [1.807, 2.05) is 31.2 Å². The molecule has 6 nitrogen and oxygen atoms in total. The molecule has 0 saturated heterocycles. The number of hydrogen-bond acceptors (Lipinski definition) is 4. The molecule has 1 aliphatic carbocycles. The minimum absolute atomic E-state index is 0.277. The van der Waals surface area contributed by atoms with Crippen LogP contribution in [0.1, 0.15) is 85.7 Å². The van der Waals surface area contributed by atoms with Gasteiger partial charge in [-0.25, -0.2) is 0 Å². The Balaban J connectivity index is 1.50. The van der Waals surface area contributed by atoms with E-state index in [4.69, 9.17) is 0 Å². The Morgan fingerprint density at radius 2 is 1.09 bits per heavy atom. The van der Waals surface area contributed by atoms with Gasteiger partial charge in [-0.2, -0.15) is 0 Å². The number of imide groups is 2. The molecule has 0 aromatic heterocycles. The van der Waals surface area contributed by atoms with Gasteiger partial charge in [-0.05, 0) is 6.92 Å². The molecule has 0 N–H and O–H groups in total. The van der Waals surface area contributed by atoms with Crippen LogP contribution in [-0.4, -0.2) is 47.5 Å². The number of rotatable bonds is 8. The molecule has 3 aliphatic rings. The van der Waals surface area contributed by atoms with Crippen molar-refractivity contribution in [3.8, 4) is 4.37 Å². The van der Waals surface area contributed by atoms with Crippen molar-refractivity contribution in [1.29, 1.82) is 0 Å². The van der Waals surface area contributed by atoms with Crippen molar-refractivity contribution in [2.24, 2.45) is 0 Å². The summed E-state index contributed by atoms with van der Waals surface area (Å²) in [4.78, 5) is 58.3. The molecule has 5 aromatic carbocycles. The zero-order valence-corrected chi connectivity index (χ0v) is 36.2. The molecule has 58 heavy (non-hydrogen) atoms. The Kier molecular flexibility index (Phi) is 10.7. The number of carbonyl (C=O) groups excluding carboxylic acids is 4. The van der Waals surface area contributed by atoms with Crippen LogP contribution in [0.2, 0.25) is 0 Å². The molecule has 4 amide bonds. The van der Waals surface area contributed by atoms with E-state index in [1.165, 1.54) is 41.2 Å². The van der Waals surface area contributed by atoms with Crippen LogP contribution in [0.4, 0.5) is 0 Å². The quantitative estimate of drug-likeness (QED) is 0.0885. The summed E-state index contributed by atoms with van der Waals surface area (Å²) in [6.07, 6.45) is 15.0. The average molecular weight is 955 g/mol. The summed E-state index contributed by atoms with van der Waals surface area (Å²) in [5, 5.41) is 5.26. The van der Waals surface area contributed by atoms with Gasteiger partial charge in [0.2, 0.25) is 0 Å². The normalized spacial score (nSPS) is 17.4. The standard InChI is InChI=1S/C50H41N2O4P.Os/c1-6-18-36-30-41-46-44(50(56)52(5)47(41)53)37(31-42-45(46)43(36)49(55)51(4)48(42)54)28-27-34(29-35-20-17-19-33(35)7-2)32(3)57(38-21-11-8-12-22-38,39-23-13-9-14-24-39)40-25-15-10-16-26-40;/h6-16,18,21-31H,17,19-20H2,1-2,4-5H3;/q+1;/b18-6+,28-27+,33-7?,34-32?,35-29?;. The molecular formula is C50H41N2O4OsP+. The fourth-order valence-electron chi connectivity index (χ4n) is 8.74. The fourth-order valence-corrected chi connectivity index (χ4v) is 14.6. The molecule has 8 heteroatoms. The molecule has 5 aromatic rings. The van der Waals surface area contributed by atoms with Crippen molar-refractivity contribution < 1.29 is 37.1 Å². The molecule has 0 spiro atoms. The van der Waals surface area contributed by atoms with Crippen LogP contribution in [0.5, 0.6) is 0 Å². The second kappa shape index (κ2) is 15.9. The Bertz CT molecular complexity index is 2680. The first-order valence-electron chi connectivity index (χ1n) is 19.3. The van der Waals surface area contributed by atoms with Crippen LogP contribution in [0.15, 0.2) is 149 Å². The van der Waals surface area contributed by atoms with E-state index >= 15 is 0 Å². The molecule has 1 saturated carbocycles. The third-order valence-corrected chi connectivity index (χ3v) is 16.9. The van der Waals surface area contributed by atoms with E-state index in [1.54, 1.807) is 42.2 Å². The number of amides is 4. The molecule has 1 fully saturated rings. The van der Waals surface area contributed by atoms with Gasteiger partial charge in [0.1, 0.15) is 0 Å². The maximum atomic E-state index is 14.4. The Morgan fingerprint density at radius 3 is 1.52 bits per heavy atom. The summed E-state index contributed by atoms with van der Waals surface area (Å²) in [5.74, 6) is -1.92. The van der Waals surface area contributed by atoms with Gasteiger partial charge >= 0.3 is 338 Å². The number of hydrogen-bond donors (Lipinski definition) is 0. The Hall–Kier alpha value is -5.81. The van der Waals surface area contributed by atoms with Crippen LogP contribution in [0, 0.1) is 4.37 Å². The zero-order chi connectivity index (χ0) is 40.7. The predicted molar refractivity (Wildman–Crippen MR) is 232 cm³/mol. The summed E-state index contributed by atoms with van der Waals surface area (Å²) in [7, 11) is 0.326. The van der Waals surface area contributed by atoms with Crippen molar-refractivity contribution in [2.45, 2.75) is 33.1 Å². The van der Waals surface area contributed by atoms with E-state index in [-0.39, 0.29) is 16.7 Å². The van der Waals surface area contributed by atoms with Crippen molar-refractivity contribution in [2.75, 3.05) is 14.1 Å². The van der Waals surface area contributed by atoms with Gasteiger partial charge in [-0.3, -0.25) is 0 Å². The predicted octanol–water partition coefficient (Wildman–Crippen LogP) is 9.15. The molecular weight excluding hydrogens is 914 g/mol. The fraction of sp³-hybridized carbons (Fsp3) is 0.140. The topological polar surface area (TPSA) is 74.8 Å². The molecule has 8 rings (SSSR count). The Labute approximate surface area is 349 Å². The van der Waals surface area contributed by atoms with Gasteiger partial charge in [0, 0.05) is 0 Å². The van der Waals surface area contributed by atoms with Crippen molar-refractivity contribution >= 4 is 69.7 Å². The van der Waals surface area contributed by atoms with Gasteiger partial charge in [-0.1, -0.05) is 6.08 Å². The van der Waals surface area contributed by atoms with Crippen LogP contribution < -0.4 is 15.9 Å². The summed E-state index contributed by atoms with van der Waals surface area (Å²) in [6, 6.07) is 35.4. The average Bonchev–Trinajstić information content (AvgIpc) is 3.72. The third-order valence-electron chi connectivity index (χ3n) is 11.5. The third kappa shape index (κ3) is 6.18. The Morgan fingerprint density at radius 1 is 0.638 bits per heavy atom. The van der Waals surface area contributed by atoms with E-state index in [0.717, 1.165) is 39.9 Å². The first-order valence-corrected chi connectivity index (χ1v) is 22.4. The first-order chi connectivity index (χ1) is 28.2. The van der Waals surface area contributed by atoms with E-state index in [9.17, 15) is 19.2 Å². The van der Waals surface area contributed by atoms with Gasteiger partial charge in [0.15, 0.2) is 0 Å². The second-order valence-electron chi connectivity index (χ2n) is 14.6. The molecule has 2 aliphatic heterocycles. The molecule has 0 radical (unpaired) electrons. The van der Waals surface area contributed by atoms with Crippen LogP contribution >= 0.6 is 7.26 Å². The van der Waals surface area contributed by atoms with E-state index in [0.29, 0.717) is 27.5 Å². The molecule has 0 unspecified atom stereocenters. The van der Waals surface area contributed by atoms with E-state index < -0.39 is 30.9 Å². The first kappa shape index (κ1) is 39.0. The minimum atomic E-state index is -2.63. The van der Waals surface area contributed by atoms with Gasteiger partial charge in [0.05, 0.1) is 0 Å². The monoisotopic (exact) mass is 956 g/mol. The van der Waals surface area contributed by atoms with Crippen LogP contribution in [0.3, 0.4) is 0 Å². The SMILES string of the molecule is CC=C1CCCC1=CC(/C=C/c1cc2c3c(c(/C=C/C)cc4c3c1C(=O)N(C)C4=O)C(=O)N(C)C2=O)=C([C]#[Os])[P+](c1ccccc1)(c1ccccc1)c1ccccc1. The van der Waals surface area contributed by atoms with Crippen molar-refractivity contribution in [3.63, 3.8) is 0 Å². The second-order valence-corrected chi connectivity index (χ2v) is 18.6. The van der Waals surface area contributed by atoms with Gasteiger partial charge in [-0.15, -0.1) is 0 Å². The number of benzene rings is 5. The number of allylic oxidation sites excluding steroid dienone is 8. The summed E-state index contributed by atoms with van der Waals surface area (Å²) in [5.41, 5.74) is 5.66. The van der Waals surface area contributed by atoms with Crippen LogP contribution in [-0.2, 0) is 17.9 Å².